The minimum absolute atomic E-state index is 0.133. The van der Waals surface area contributed by atoms with Gasteiger partial charge in [0.2, 0.25) is 0 Å². The molecule has 1 aromatic heterocycles. The molecule has 3 N–H and O–H groups in total. The number of carboxylic acids is 1. The van der Waals surface area contributed by atoms with Crippen LogP contribution in [0.3, 0.4) is 0 Å². The summed E-state index contributed by atoms with van der Waals surface area (Å²) in [6, 6.07) is 19.8. The number of hydrogen-bond donors (Lipinski definition) is 3. The number of nitrogens with one attached hydrogen (secondary N) is 1. The van der Waals surface area contributed by atoms with Gasteiger partial charge >= 0.3 is 5.97 Å². The number of hydrogen-bond acceptors (Lipinski definition) is 6. The van der Waals surface area contributed by atoms with Crippen LogP contribution < -0.4 is 10.2 Å². The van der Waals surface area contributed by atoms with Crippen LogP contribution in [0.1, 0.15) is 10.4 Å². The van der Waals surface area contributed by atoms with Gasteiger partial charge in [0.15, 0.2) is 0 Å². The molecule has 0 unspecified atom stereocenters. The molecular formula is C23H18N2O4S. The number of ether oxygens (including phenoxy) is 1. The van der Waals surface area contributed by atoms with Gasteiger partial charge in [-0.1, -0.05) is 42.5 Å². The number of para-hydroxylation sites is 1. The van der Waals surface area contributed by atoms with Gasteiger partial charge in [-0.25, -0.2) is 9.78 Å². The number of carbonyl (C=O) groups is 1. The van der Waals surface area contributed by atoms with Crippen molar-refractivity contribution in [2.24, 2.45) is 0 Å². The first-order valence-corrected chi connectivity index (χ1v) is 9.96. The minimum Gasteiger partial charge on any atom is -0.497 e. The summed E-state index contributed by atoms with van der Waals surface area (Å²) in [6.07, 6.45) is 0. The lowest BCUT2D eigenvalue weighted by Gasteiger charge is -2.12. The van der Waals surface area contributed by atoms with E-state index in [1.54, 1.807) is 43.5 Å². The first-order valence-electron chi connectivity index (χ1n) is 9.08. The minimum atomic E-state index is -1.05. The number of nitrogens with zero attached hydrogens (tertiary/aromatic N) is 1. The zero-order valence-corrected chi connectivity index (χ0v) is 16.8. The van der Waals surface area contributed by atoms with Gasteiger partial charge in [-0.2, -0.15) is 0 Å². The highest BCUT2D eigenvalue weighted by Crippen LogP contribution is 2.35. The summed E-state index contributed by atoms with van der Waals surface area (Å²) in [5.74, 6) is -0.306. The van der Waals surface area contributed by atoms with Gasteiger partial charge in [-0.15, -0.1) is 11.3 Å². The van der Waals surface area contributed by atoms with E-state index < -0.39 is 5.97 Å². The number of thiazole rings is 1. The number of benzene rings is 3. The Morgan fingerprint density at radius 2 is 1.83 bits per heavy atom. The van der Waals surface area contributed by atoms with Gasteiger partial charge in [0, 0.05) is 22.1 Å². The molecule has 6 nitrogen and oxygen atoms in total. The zero-order chi connectivity index (χ0) is 21.1. The van der Waals surface area contributed by atoms with Crippen molar-refractivity contribution in [3.05, 3.63) is 77.7 Å². The molecule has 0 aliphatic heterocycles. The van der Waals surface area contributed by atoms with Crippen molar-refractivity contribution in [1.82, 2.24) is 4.98 Å². The zero-order valence-electron chi connectivity index (χ0n) is 16.0. The first-order chi connectivity index (χ1) is 14.6. The molecule has 0 atom stereocenters. The number of aromatic nitrogens is 1. The topological polar surface area (TPSA) is 91.7 Å². The number of anilines is 1. The highest BCUT2D eigenvalue weighted by atomic mass is 32.1. The van der Waals surface area contributed by atoms with E-state index in [2.05, 4.69) is 10.5 Å². The normalized spacial score (nSPS) is 10.6. The standard InChI is InChI=1S/C23H18N2O4S/c1-29-16-6-4-5-14(11-16)21-13-30-22(24-21)15-9-10-17(19(12-15)23(26)27)18-7-2-3-8-20(18)25-28/h2-13,25,28H,1H3,(H,26,27). The van der Waals surface area contributed by atoms with Gasteiger partial charge in [0.1, 0.15) is 10.8 Å². The third-order valence-corrected chi connectivity index (χ3v) is 5.60. The maximum absolute atomic E-state index is 12.0. The first kappa shape index (κ1) is 19.6. The van der Waals surface area contributed by atoms with E-state index in [4.69, 9.17) is 4.74 Å². The Labute approximate surface area is 177 Å². The van der Waals surface area contributed by atoms with E-state index in [0.717, 1.165) is 22.0 Å². The van der Waals surface area contributed by atoms with Crippen LogP contribution >= 0.6 is 11.3 Å². The fourth-order valence-corrected chi connectivity index (χ4v) is 4.05. The number of methoxy groups -OCH3 is 1. The predicted molar refractivity (Wildman–Crippen MR) is 117 cm³/mol. The molecule has 150 valence electrons. The molecule has 0 fully saturated rings. The molecule has 4 rings (SSSR count). The molecule has 0 amide bonds. The monoisotopic (exact) mass is 418 g/mol. The maximum Gasteiger partial charge on any atom is 0.336 e. The van der Waals surface area contributed by atoms with Crippen LogP contribution in [0.25, 0.3) is 33.0 Å². The molecule has 0 bridgehead atoms. The van der Waals surface area contributed by atoms with Crippen molar-refractivity contribution in [2.45, 2.75) is 0 Å². The Morgan fingerprint density at radius 3 is 2.60 bits per heavy atom. The summed E-state index contributed by atoms with van der Waals surface area (Å²) in [6.45, 7) is 0. The fraction of sp³-hybridized carbons (Fsp3) is 0.0435. The Morgan fingerprint density at radius 1 is 1.00 bits per heavy atom. The molecular weight excluding hydrogens is 400 g/mol. The molecule has 4 aromatic rings. The van der Waals surface area contributed by atoms with E-state index >= 15 is 0 Å². The molecule has 30 heavy (non-hydrogen) atoms. The average molecular weight is 418 g/mol. The molecule has 0 radical (unpaired) electrons. The lowest BCUT2D eigenvalue weighted by molar-refractivity contribution is 0.0697. The summed E-state index contributed by atoms with van der Waals surface area (Å²) in [5, 5.41) is 21.8. The molecule has 0 saturated heterocycles. The van der Waals surface area contributed by atoms with Crippen LogP contribution in [0.5, 0.6) is 5.75 Å². The summed E-state index contributed by atoms with van der Waals surface area (Å²) in [5.41, 5.74) is 6.23. The summed E-state index contributed by atoms with van der Waals surface area (Å²) >= 11 is 1.44. The van der Waals surface area contributed by atoms with Crippen molar-refractivity contribution in [2.75, 3.05) is 12.6 Å². The van der Waals surface area contributed by atoms with E-state index in [0.29, 0.717) is 22.4 Å². The van der Waals surface area contributed by atoms with Crippen LogP contribution in [-0.4, -0.2) is 28.4 Å². The average Bonchev–Trinajstić information content (AvgIpc) is 3.29. The smallest absolute Gasteiger partial charge is 0.336 e. The summed E-state index contributed by atoms with van der Waals surface area (Å²) in [7, 11) is 1.62. The second kappa shape index (κ2) is 8.36. The predicted octanol–water partition coefficient (Wildman–Crippen LogP) is 5.65. The van der Waals surface area contributed by atoms with Crippen LogP contribution in [-0.2, 0) is 0 Å². The number of aromatic carboxylic acids is 1. The van der Waals surface area contributed by atoms with Crippen molar-refractivity contribution >= 4 is 23.0 Å². The van der Waals surface area contributed by atoms with Crippen molar-refractivity contribution in [1.29, 1.82) is 0 Å². The van der Waals surface area contributed by atoms with Gasteiger partial charge in [0.05, 0.1) is 24.1 Å². The van der Waals surface area contributed by atoms with E-state index in [9.17, 15) is 15.1 Å². The molecule has 7 heteroatoms. The lowest BCUT2D eigenvalue weighted by Crippen LogP contribution is -2.02. The molecule has 1 heterocycles. The van der Waals surface area contributed by atoms with E-state index in [1.807, 2.05) is 35.7 Å². The van der Waals surface area contributed by atoms with Crippen molar-refractivity contribution < 1.29 is 19.8 Å². The Balaban J connectivity index is 1.75. The molecule has 0 aliphatic rings. The van der Waals surface area contributed by atoms with Crippen LogP contribution in [0.4, 0.5) is 5.69 Å². The van der Waals surface area contributed by atoms with E-state index in [-0.39, 0.29) is 5.56 Å². The van der Waals surface area contributed by atoms with Crippen molar-refractivity contribution in [3.8, 4) is 38.7 Å². The van der Waals surface area contributed by atoms with Crippen LogP contribution in [0, 0.1) is 0 Å². The third-order valence-electron chi connectivity index (χ3n) is 4.70. The maximum atomic E-state index is 12.0. The second-order valence-corrected chi connectivity index (χ2v) is 7.35. The Hall–Kier alpha value is -3.68. The number of rotatable bonds is 6. The van der Waals surface area contributed by atoms with E-state index in [1.165, 1.54) is 11.3 Å². The quantitative estimate of drug-likeness (QED) is 0.350. The third kappa shape index (κ3) is 3.76. The fourth-order valence-electron chi connectivity index (χ4n) is 3.23. The molecule has 3 aromatic carbocycles. The Bertz CT molecular complexity index is 1220. The lowest BCUT2D eigenvalue weighted by atomic mass is 9.96. The number of carboxylic acid groups (broad SMARTS) is 1. The van der Waals surface area contributed by atoms with Gasteiger partial charge in [-0.3, -0.25) is 10.7 Å². The second-order valence-electron chi connectivity index (χ2n) is 6.49. The highest BCUT2D eigenvalue weighted by Gasteiger charge is 2.17. The Kier molecular flexibility index (Phi) is 5.47. The van der Waals surface area contributed by atoms with Crippen molar-refractivity contribution in [3.63, 3.8) is 0 Å². The largest absolute Gasteiger partial charge is 0.497 e. The molecule has 0 aliphatic carbocycles. The van der Waals surface area contributed by atoms with Gasteiger partial charge in [0.25, 0.3) is 0 Å². The molecule has 0 saturated carbocycles. The summed E-state index contributed by atoms with van der Waals surface area (Å²) < 4.78 is 5.27. The van der Waals surface area contributed by atoms with Gasteiger partial charge in [-0.05, 0) is 29.8 Å². The molecule has 0 spiro atoms. The van der Waals surface area contributed by atoms with Gasteiger partial charge < -0.3 is 9.84 Å². The van der Waals surface area contributed by atoms with Crippen LogP contribution in [0.15, 0.2) is 72.1 Å². The summed E-state index contributed by atoms with van der Waals surface area (Å²) in [4.78, 5) is 16.6. The SMILES string of the molecule is COc1cccc(-c2csc(-c3ccc(-c4ccccc4NO)c(C(=O)O)c3)n2)c1. The van der Waals surface area contributed by atoms with Crippen LogP contribution in [0.2, 0.25) is 0 Å². The highest BCUT2D eigenvalue weighted by molar-refractivity contribution is 7.13.